The van der Waals surface area contributed by atoms with Gasteiger partial charge >= 0.3 is 6.98 Å². The summed E-state index contributed by atoms with van der Waals surface area (Å²) in [4.78, 5) is 0. The maximum atomic E-state index is 13.4. The Balaban J connectivity index is 2.21. The van der Waals surface area contributed by atoms with Crippen molar-refractivity contribution in [1.29, 1.82) is 0 Å². The number of halogens is 4. The average Bonchev–Trinajstić information content (AvgIpc) is 2.39. The van der Waals surface area contributed by atoms with Crippen molar-refractivity contribution < 1.29 is 22.1 Å². The first kappa shape index (κ1) is 17.2. The molecule has 0 aromatic heterocycles. The standard InChI is InChI=1S/C16H22BF4O/c1-10(2)13-6-4-11(3)8-16(13)22-12-5-7-15(18)14(9-12)17(19,20)21/h5,7,9-11,13,16H,4,6,8H2,1-3H3/q-1/t11-,13+,16-/m1/s1. The Morgan fingerprint density at radius 3 is 2.45 bits per heavy atom. The van der Waals surface area contributed by atoms with E-state index in [1.807, 2.05) is 0 Å². The summed E-state index contributed by atoms with van der Waals surface area (Å²) in [5, 5.41) is 0. The van der Waals surface area contributed by atoms with Crippen molar-refractivity contribution in [3.8, 4) is 5.75 Å². The molecule has 0 bridgehead atoms. The minimum Gasteiger partial charge on any atom is -0.490 e. The number of rotatable bonds is 4. The van der Waals surface area contributed by atoms with Crippen LogP contribution in [0.15, 0.2) is 18.2 Å². The van der Waals surface area contributed by atoms with Crippen LogP contribution in [0.5, 0.6) is 5.75 Å². The third-order valence-electron chi connectivity index (χ3n) is 4.57. The monoisotopic (exact) mass is 317 g/mol. The van der Waals surface area contributed by atoms with Crippen molar-refractivity contribution in [3.63, 3.8) is 0 Å². The molecule has 2 rings (SSSR count). The third kappa shape index (κ3) is 3.96. The number of ether oxygens (including phenoxy) is 1. The van der Waals surface area contributed by atoms with Gasteiger partial charge < -0.3 is 17.7 Å². The molecule has 3 atom stereocenters. The summed E-state index contributed by atoms with van der Waals surface area (Å²) in [6.45, 7) is 0.962. The average molecular weight is 317 g/mol. The maximum Gasteiger partial charge on any atom is 0.512 e. The van der Waals surface area contributed by atoms with Gasteiger partial charge in [0.15, 0.2) is 0 Å². The van der Waals surface area contributed by atoms with Crippen LogP contribution in [0, 0.1) is 23.6 Å². The van der Waals surface area contributed by atoms with Crippen LogP contribution in [0.1, 0.15) is 40.0 Å². The number of hydrogen-bond acceptors (Lipinski definition) is 1. The van der Waals surface area contributed by atoms with E-state index in [0.717, 1.165) is 31.4 Å². The molecule has 1 fully saturated rings. The summed E-state index contributed by atoms with van der Waals surface area (Å²) in [6.07, 6.45) is 2.85. The zero-order valence-corrected chi connectivity index (χ0v) is 13.2. The smallest absolute Gasteiger partial charge is 0.490 e. The lowest BCUT2D eigenvalue weighted by atomic mass is 9.75. The molecule has 1 aliphatic carbocycles. The van der Waals surface area contributed by atoms with Gasteiger partial charge in [0, 0.05) is 0 Å². The van der Waals surface area contributed by atoms with Crippen LogP contribution in [-0.2, 0) is 0 Å². The SMILES string of the molecule is CC(C)[C@@H]1CC[C@@H](C)C[C@H]1Oc1ccc(F)c([B-](F)(F)F)c1. The Kier molecular flexibility index (Phi) is 5.08. The highest BCUT2D eigenvalue weighted by Gasteiger charge is 2.33. The fourth-order valence-electron chi connectivity index (χ4n) is 3.27. The summed E-state index contributed by atoms with van der Waals surface area (Å²) in [6, 6.07) is 2.93. The second-order valence-electron chi connectivity index (χ2n) is 6.74. The highest BCUT2D eigenvalue weighted by molar-refractivity contribution is 6.73. The zero-order valence-electron chi connectivity index (χ0n) is 13.2. The molecule has 0 saturated heterocycles. The predicted octanol–water partition coefficient (Wildman–Crippen LogP) is 4.72. The first-order chi connectivity index (χ1) is 10.2. The Bertz CT molecular complexity index is 515. The molecule has 0 aliphatic heterocycles. The van der Waals surface area contributed by atoms with Gasteiger partial charge in [0.05, 0.1) is 5.82 Å². The van der Waals surface area contributed by atoms with Crippen molar-refractivity contribution in [2.45, 2.75) is 46.1 Å². The maximum absolute atomic E-state index is 13.4. The van der Waals surface area contributed by atoms with E-state index in [0.29, 0.717) is 17.8 Å². The molecule has 1 saturated carbocycles. The minimum absolute atomic E-state index is 0.109. The molecule has 0 radical (unpaired) electrons. The molecule has 0 heterocycles. The van der Waals surface area contributed by atoms with Crippen LogP contribution >= 0.6 is 0 Å². The van der Waals surface area contributed by atoms with Crippen molar-refractivity contribution >= 4 is 12.4 Å². The fraction of sp³-hybridized carbons (Fsp3) is 0.625. The van der Waals surface area contributed by atoms with Gasteiger partial charge in [0.1, 0.15) is 11.9 Å². The quantitative estimate of drug-likeness (QED) is 0.577. The molecule has 1 aliphatic rings. The highest BCUT2D eigenvalue weighted by Crippen LogP contribution is 2.36. The molecule has 1 aromatic rings. The first-order valence-electron chi connectivity index (χ1n) is 7.84. The molecule has 0 spiro atoms. The van der Waals surface area contributed by atoms with Crippen LogP contribution in [0.2, 0.25) is 0 Å². The van der Waals surface area contributed by atoms with Gasteiger partial charge in [-0.25, -0.2) is 4.39 Å². The van der Waals surface area contributed by atoms with Crippen molar-refractivity contribution in [2.75, 3.05) is 0 Å². The Hall–Kier alpha value is -1.20. The van der Waals surface area contributed by atoms with E-state index in [9.17, 15) is 17.3 Å². The largest absolute Gasteiger partial charge is 0.512 e. The molecule has 0 unspecified atom stereocenters. The van der Waals surface area contributed by atoms with E-state index in [1.54, 1.807) is 0 Å². The van der Waals surface area contributed by atoms with E-state index < -0.39 is 18.3 Å². The summed E-state index contributed by atoms with van der Waals surface area (Å²) < 4.78 is 57.7. The van der Waals surface area contributed by atoms with Gasteiger partial charge in [-0.2, -0.15) is 0 Å². The molecular weight excluding hydrogens is 295 g/mol. The lowest BCUT2D eigenvalue weighted by Gasteiger charge is -2.37. The van der Waals surface area contributed by atoms with Crippen LogP contribution in [-0.4, -0.2) is 13.1 Å². The van der Waals surface area contributed by atoms with Gasteiger partial charge in [-0.3, -0.25) is 0 Å². The van der Waals surface area contributed by atoms with Crippen molar-refractivity contribution in [1.82, 2.24) is 0 Å². The number of hydrogen-bond donors (Lipinski definition) is 0. The second kappa shape index (κ2) is 6.51. The minimum atomic E-state index is -5.37. The first-order valence-corrected chi connectivity index (χ1v) is 7.84. The third-order valence-corrected chi connectivity index (χ3v) is 4.57. The molecule has 124 valence electrons. The zero-order chi connectivity index (χ0) is 16.5. The topological polar surface area (TPSA) is 9.23 Å². The van der Waals surface area contributed by atoms with Crippen LogP contribution in [0.4, 0.5) is 17.3 Å². The van der Waals surface area contributed by atoms with Crippen LogP contribution in [0.3, 0.4) is 0 Å². The van der Waals surface area contributed by atoms with Gasteiger partial charge in [-0.15, -0.1) is 0 Å². The summed E-state index contributed by atoms with van der Waals surface area (Å²) in [7, 11) is 0. The predicted molar refractivity (Wildman–Crippen MR) is 80.9 cm³/mol. The van der Waals surface area contributed by atoms with E-state index in [2.05, 4.69) is 20.8 Å². The Morgan fingerprint density at radius 1 is 1.18 bits per heavy atom. The van der Waals surface area contributed by atoms with Gasteiger partial charge in [-0.1, -0.05) is 32.7 Å². The molecule has 0 N–H and O–H groups in total. The van der Waals surface area contributed by atoms with Gasteiger partial charge in [-0.05, 0) is 48.8 Å². The van der Waals surface area contributed by atoms with E-state index in [1.165, 1.54) is 6.07 Å². The molecule has 1 nitrogen and oxygen atoms in total. The van der Waals surface area contributed by atoms with Crippen molar-refractivity contribution in [2.24, 2.45) is 17.8 Å². The fourth-order valence-corrected chi connectivity index (χ4v) is 3.27. The van der Waals surface area contributed by atoms with Gasteiger partial charge in [0.2, 0.25) is 0 Å². The molecular formula is C16H22BF4O-. The summed E-state index contributed by atoms with van der Waals surface area (Å²) in [5.74, 6) is 0.0923. The molecule has 0 amide bonds. The van der Waals surface area contributed by atoms with E-state index in [4.69, 9.17) is 4.74 Å². The highest BCUT2D eigenvalue weighted by atomic mass is 19.4. The molecule has 1 aromatic carbocycles. The van der Waals surface area contributed by atoms with Crippen LogP contribution in [0.25, 0.3) is 0 Å². The molecule has 6 heteroatoms. The summed E-state index contributed by atoms with van der Waals surface area (Å²) >= 11 is 0. The van der Waals surface area contributed by atoms with Crippen molar-refractivity contribution in [3.05, 3.63) is 24.0 Å². The van der Waals surface area contributed by atoms with Crippen LogP contribution < -0.4 is 10.2 Å². The Labute approximate surface area is 129 Å². The molecule has 22 heavy (non-hydrogen) atoms. The number of benzene rings is 1. The lowest BCUT2D eigenvalue weighted by Crippen LogP contribution is -2.38. The lowest BCUT2D eigenvalue weighted by molar-refractivity contribution is 0.0460. The van der Waals surface area contributed by atoms with E-state index >= 15 is 0 Å². The Morgan fingerprint density at radius 2 is 1.86 bits per heavy atom. The normalized spacial score (nSPS) is 26.3. The second-order valence-corrected chi connectivity index (χ2v) is 6.74. The summed E-state index contributed by atoms with van der Waals surface area (Å²) in [5.41, 5.74) is -1.21. The van der Waals surface area contributed by atoms with Gasteiger partial charge in [0.25, 0.3) is 0 Å². The van der Waals surface area contributed by atoms with E-state index in [-0.39, 0.29) is 11.9 Å².